The molecule has 0 radical (unpaired) electrons. The van der Waals surface area contributed by atoms with Crippen molar-refractivity contribution in [1.29, 1.82) is 0 Å². The van der Waals surface area contributed by atoms with Gasteiger partial charge in [0.1, 0.15) is 11.9 Å². The Kier molecular flexibility index (Phi) is 10.5. The first-order valence-electron chi connectivity index (χ1n) is 17.7. The number of pyridine rings is 1. The third kappa shape index (κ3) is 7.45. The standard InChI is InChI=1S/C37H49N2O9P/c1-4-27-19-37(27,49(43,44)45)20-32(40)31-17-28-21-39(31)36(42)30(24-10-6-5-7-11-24)18-34(41)47-22-23(2)9-8-12-26-15-29-25(16-33(26)46-3)13-14-38-35(29)48-28/h4,13-16,23-24,27-28,30-31H,1,5-12,17-22H2,2-3H3,(H2,43,44,45)/t23-,27?,28-,30+,31+,37?/m1/s1. The van der Waals surface area contributed by atoms with Gasteiger partial charge >= 0.3 is 13.6 Å². The van der Waals surface area contributed by atoms with Gasteiger partial charge in [0.05, 0.1) is 43.8 Å². The molecule has 1 amide bonds. The SMILES string of the molecule is C=CC1CC1(CC(=O)[C@@H]1C[C@@H]2CN1C(=O)[C@H](C1CCCCC1)CC(=O)OC[C@H](C)CCCc1cc3c(nccc3cc1OC)O2)P(=O)(O)O. The van der Waals surface area contributed by atoms with Crippen molar-refractivity contribution in [2.45, 2.75) is 101 Å². The van der Waals surface area contributed by atoms with Gasteiger partial charge < -0.3 is 28.9 Å². The minimum absolute atomic E-state index is 0.0318. The van der Waals surface area contributed by atoms with Gasteiger partial charge in [-0.25, -0.2) is 4.98 Å². The molecule has 2 aliphatic carbocycles. The lowest BCUT2D eigenvalue weighted by Crippen LogP contribution is -2.47. The van der Waals surface area contributed by atoms with Crippen molar-refractivity contribution < 1.29 is 42.9 Å². The molecule has 3 heterocycles. The minimum Gasteiger partial charge on any atom is -0.496 e. The van der Waals surface area contributed by atoms with Crippen molar-refractivity contribution >= 4 is 36.0 Å². The van der Waals surface area contributed by atoms with Crippen LogP contribution in [-0.2, 0) is 30.1 Å². The number of ketones is 1. The van der Waals surface area contributed by atoms with Crippen LogP contribution in [0.4, 0.5) is 0 Å². The third-order valence-corrected chi connectivity index (χ3v) is 13.2. The van der Waals surface area contributed by atoms with E-state index in [9.17, 15) is 28.7 Å². The monoisotopic (exact) mass is 696 g/mol. The highest BCUT2D eigenvalue weighted by Crippen LogP contribution is 2.71. The first kappa shape index (κ1) is 35.6. The highest BCUT2D eigenvalue weighted by atomic mass is 31.2. The number of nitrogens with zero attached hydrogens (tertiary/aromatic N) is 2. The van der Waals surface area contributed by atoms with Crippen molar-refractivity contribution in [2.75, 3.05) is 20.3 Å². The van der Waals surface area contributed by atoms with E-state index in [1.165, 1.54) is 11.0 Å². The van der Waals surface area contributed by atoms with Crippen LogP contribution < -0.4 is 9.47 Å². The number of ether oxygens (including phenoxy) is 3. The largest absolute Gasteiger partial charge is 0.496 e. The molecule has 2 aliphatic heterocycles. The fraction of sp³-hybridized carbons (Fsp3) is 0.622. The van der Waals surface area contributed by atoms with E-state index in [0.717, 1.165) is 73.5 Å². The molecule has 1 saturated heterocycles. The van der Waals surface area contributed by atoms with Crippen molar-refractivity contribution in [1.82, 2.24) is 9.88 Å². The number of esters is 1. The molecule has 266 valence electrons. The number of Topliss-reactive ketones (excluding diaryl/α,β-unsaturated/α-hetero) is 1. The summed E-state index contributed by atoms with van der Waals surface area (Å²) in [6.07, 6.45) is 9.41. The molecule has 0 spiro atoms. The van der Waals surface area contributed by atoms with Crippen LogP contribution in [0.25, 0.3) is 10.8 Å². The van der Waals surface area contributed by atoms with Crippen LogP contribution in [0, 0.1) is 23.7 Å². The molecule has 2 aromatic rings. The molecule has 2 unspecified atom stereocenters. The van der Waals surface area contributed by atoms with Crippen LogP contribution in [-0.4, -0.2) is 74.9 Å². The lowest BCUT2D eigenvalue weighted by molar-refractivity contribution is -0.152. The summed E-state index contributed by atoms with van der Waals surface area (Å²) in [4.78, 5) is 68.8. The molecule has 4 aliphatic rings. The van der Waals surface area contributed by atoms with Crippen LogP contribution in [0.5, 0.6) is 11.6 Å². The van der Waals surface area contributed by atoms with Crippen LogP contribution in [0.1, 0.15) is 83.1 Å². The Morgan fingerprint density at radius 1 is 1.18 bits per heavy atom. The number of carbonyl (C=O) groups excluding carboxylic acids is 3. The molecular formula is C37H49N2O9P. The number of hydrogen-bond acceptors (Lipinski definition) is 8. The number of allylic oxidation sites excluding steroid dienone is 1. The molecule has 6 rings (SSSR count). The fourth-order valence-corrected chi connectivity index (χ4v) is 9.71. The van der Waals surface area contributed by atoms with Crippen molar-refractivity contribution in [2.24, 2.45) is 23.7 Å². The molecular weight excluding hydrogens is 647 g/mol. The lowest BCUT2D eigenvalue weighted by atomic mass is 9.77. The van der Waals surface area contributed by atoms with E-state index in [4.69, 9.17) is 14.2 Å². The first-order valence-corrected chi connectivity index (χ1v) is 19.3. The van der Waals surface area contributed by atoms with E-state index in [1.54, 1.807) is 13.3 Å². The average Bonchev–Trinajstić information content (AvgIpc) is 3.66. The average molecular weight is 697 g/mol. The summed E-state index contributed by atoms with van der Waals surface area (Å²) in [5.74, 6) is -1.09. The van der Waals surface area contributed by atoms with Crippen LogP contribution >= 0.6 is 7.60 Å². The highest BCUT2D eigenvalue weighted by molar-refractivity contribution is 7.54. The fourth-order valence-electron chi connectivity index (χ4n) is 8.38. The summed E-state index contributed by atoms with van der Waals surface area (Å²) in [5, 5.41) is 0.159. The van der Waals surface area contributed by atoms with E-state index in [2.05, 4.69) is 11.6 Å². The van der Waals surface area contributed by atoms with E-state index in [0.29, 0.717) is 5.88 Å². The van der Waals surface area contributed by atoms with Gasteiger partial charge in [-0.3, -0.25) is 18.9 Å². The number of cyclic esters (lactones) is 1. The van der Waals surface area contributed by atoms with Gasteiger partial charge in [0, 0.05) is 24.4 Å². The number of rotatable bonds is 7. The molecule has 2 saturated carbocycles. The molecule has 3 fully saturated rings. The number of aromatic nitrogens is 1. The Morgan fingerprint density at radius 3 is 2.65 bits per heavy atom. The van der Waals surface area contributed by atoms with Gasteiger partial charge in [0.25, 0.3) is 0 Å². The van der Waals surface area contributed by atoms with Gasteiger partial charge in [-0.1, -0.05) is 32.3 Å². The number of amides is 1. The number of carbonyl (C=O) groups is 3. The first-order chi connectivity index (χ1) is 23.4. The van der Waals surface area contributed by atoms with Crippen molar-refractivity contribution in [3.8, 4) is 11.6 Å². The normalized spacial score (nSPS) is 30.3. The predicted octanol–water partition coefficient (Wildman–Crippen LogP) is 5.78. The Bertz CT molecular complexity index is 1630. The van der Waals surface area contributed by atoms with Gasteiger partial charge in [-0.05, 0) is 85.4 Å². The van der Waals surface area contributed by atoms with E-state index in [1.807, 2.05) is 25.1 Å². The number of hydrogen-bond donors (Lipinski definition) is 2. The third-order valence-electron chi connectivity index (χ3n) is 11.4. The smallest absolute Gasteiger partial charge is 0.332 e. The number of aryl methyl sites for hydroxylation is 1. The van der Waals surface area contributed by atoms with Gasteiger partial charge in [-0.2, -0.15) is 0 Å². The molecule has 1 aromatic carbocycles. The molecule has 49 heavy (non-hydrogen) atoms. The van der Waals surface area contributed by atoms with Crippen LogP contribution in [0.15, 0.2) is 37.1 Å². The van der Waals surface area contributed by atoms with Crippen molar-refractivity contribution in [3.63, 3.8) is 0 Å². The Balaban J connectivity index is 1.37. The summed E-state index contributed by atoms with van der Waals surface area (Å²) < 4.78 is 30.7. The topological polar surface area (TPSA) is 153 Å². The Labute approximate surface area is 287 Å². The maximum atomic E-state index is 14.6. The zero-order valence-corrected chi connectivity index (χ0v) is 29.4. The summed E-state index contributed by atoms with van der Waals surface area (Å²) >= 11 is 0. The zero-order chi connectivity index (χ0) is 34.9. The lowest BCUT2D eigenvalue weighted by Gasteiger charge is -2.34. The van der Waals surface area contributed by atoms with Crippen LogP contribution in [0.3, 0.4) is 0 Å². The molecule has 11 nitrogen and oxygen atoms in total. The van der Waals surface area contributed by atoms with E-state index in [-0.39, 0.29) is 56.6 Å². The summed E-state index contributed by atoms with van der Waals surface area (Å²) in [6.45, 7) is 6.10. The number of methoxy groups -OCH3 is 1. The summed E-state index contributed by atoms with van der Waals surface area (Å²) in [6, 6.07) is 4.90. The number of fused-ring (bicyclic) bond motifs is 3. The van der Waals surface area contributed by atoms with Gasteiger partial charge in [-0.15, -0.1) is 6.58 Å². The predicted molar refractivity (Wildman–Crippen MR) is 183 cm³/mol. The quantitative estimate of drug-likeness (QED) is 0.207. The second-order valence-electron chi connectivity index (χ2n) is 14.7. The van der Waals surface area contributed by atoms with Gasteiger partial charge in [0.15, 0.2) is 5.78 Å². The minimum atomic E-state index is -4.66. The van der Waals surface area contributed by atoms with Crippen LogP contribution in [0.2, 0.25) is 0 Å². The Hall–Kier alpha value is -3.27. The second-order valence-corrected chi connectivity index (χ2v) is 16.7. The van der Waals surface area contributed by atoms with E-state index >= 15 is 0 Å². The molecule has 1 aromatic heterocycles. The Morgan fingerprint density at radius 2 is 1.96 bits per heavy atom. The highest BCUT2D eigenvalue weighted by Gasteiger charge is 2.65. The number of benzene rings is 1. The summed E-state index contributed by atoms with van der Waals surface area (Å²) in [5.41, 5.74) is 0.994. The second kappa shape index (κ2) is 14.5. The molecule has 6 atom stereocenters. The van der Waals surface area contributed by atoms with Gasteiger partial charge in [0.2, 0.25) is 11.8 Å². The molecule has 4 bridgehead atoms. The molecule has 2 N–H and O–H groups in total. The maximum absolute atomic E-state index is 14.6. The van der Waals surface area contributed by atoms with E-state index < -0.39 is 48.5 Å². The van der Waals surface area contributed by atoms with Crippen molar-refractivity contribution in [3.05, 3.63) is 42.6 Å². The zero-order valence-electron chi connectivity index (χ0n) is 28.6. The summed E-state index contributed by atoms with van der Waals surface area (Å²) in [7, 11) is -3.02. The molecule has 12 heteroatoms. The maximum Gasteiger partial charge on any atom is 0.332 e.